The average molecular weight is 325 g/mol. The SMILES string of the molecule is CC(=O)c1cccc(OCC(=O)NC(C)CCc2ccccc2)c1. The molecule has 1 atom stereocenters. The number of amides is 1. The van der Waals surface area contributed by atoms with Crippen molar-refractivity contribution in [3.8, 4) is 5.75 Å². The van der Waals surface area contributed by atoms with Crippen molar-refractivity contribution < 1.29 is 14.3 Å². The maximum absolute atomic E-state index is 12.0. The smallest absolute Gasteiger partial charge is 0.258 e. The lowest BCUT2D eigenvalue weighted by molar-refractivity contribution is -0.123. The van der Waals surface area contributed by atoms with Crippen molar-refractivity contribution in [2.24, 2.45) is 0 Å². The van der Waals surface area contributed by atoms with Gasteiger partial charge in [-0.15, -0.1) is 0 Å². The molecule has 0 spiro atoms. The molecule has 0 radical (unpaired) electrons. The third-order valence-corrected chi connectivity index (χ3v) is 3.73. The highest BCUT2D eigenvalue weighted by Crippen LogP contribution is 2.13. The Hall–Kier alpha value is -2.62. The maximum Gasteiger partial charge on any atom is 0.258 e. The Kier molecular flexibility index (Phi) is 6.55. The van der Waals surface area contributed by atoms with E-state index < -0.39 is 0 Å². The number of nitrogens with one attached hydrogen (secondary N) is 1. The van der Waals surface area contributed by atoms with Gasteiger partial charge in [0.1, 0.15) is 5.75 Å². The molecule has 0 aromatic heterocycles. The van der Waals surface area contributed by atoms with Gasteiger partial charge in [0.2, 0.25) is 0 Å². The summed E-state index contributed by atoms with van der Waals surface area (Å²) in [6.45, 7) is 3.43. The van der Waals surface area contributed by atoms with E-state index in [1.807, 2.05) is 25.1 Å². The van der Waals surface area contributed by atoms with Crippen molar-refractivity contribution in [2.75, 3.05) is 6.61 Å². The van der Waals surface area contributed by atoms with Gasteiger partial charge < -0.3 is 10.1 Å². The molecule has 0 aliphatic heterocycles. The van der Waals surface area contributed by atoms with E-state index in [0.29, 0.717) is 11.3 Å². The molecule has 1 unspecified atom stereocenters. The highest BCUT2D eigenvalue weighted by atomic mass is 16.5. The van der Waals surface area contributed by atoms with Crippen LogP contribution in [0.25, 0.3) is 0 Å². The van der Waals surface area contributed by atoms with Gasteiger partial charge in [0.15, 0.2) is 12.4 Å². The number of benzene rings is 2. The molecule has 126 valence electrons. The van der Waals surface area contributed by atoms with Gasteiger partial charge in [-0.25, -0.2) is 0 Å². The van der Waals surface area contributed by atoms with Crippen LogP contribution in [-0.4, -0.2) is 24.3 Å². The number of carbonyl (C=O) groups is 2. The minimum atomic E-state index is -0.163. The zero-order valence-electron chi connectivity index (χ0n) is 14.1. The van der Waals surface area contributed by atoms with Crippen LogP contribution in [0.15, 0.2) is 54.6 Å². The van der Waals surface area contributed by atoms with Crippen molar-refractivity contribution in [2.45, 2.75) is 32.7 Å². The van der Waals surface area contributed by atoms with Crippen LogP contribution in [0.5, 0.6) is 5.75 Å². The topological polar surface area (TPSA) is 55.4 Å². The van der Waals surface area contributed by atoms with E-state index in [1.54, 1.807) is 24.3 Å². The summed E-state index contributed by atoms with van der Waals surface area (Å²) in [6.07, 6.45) is 1.79. The molecule has 0 fully saturated rings. The number of rotatable bonds is 8. The molecule has 0 saturated carbocycles. The van der Waals surface area contributed by atoms with Gasteiger partial charge >= 0.3 is 0 Å². The number of aryl methyl sites for hydroxylation is 1. The van der Waals surface area contributed by atoms with Gasteiger partial charge in [-0.1, -0.05) is 42.5 Å². The van der Waals surface area contributed by atoms with E-state index in [0.717, 1.165) is 12.8 Å². The fraction of sp³-hybridized carbons (Fsp3) is 0.300. The third-order valence-electron chi connectivity index (χ3n) is 3.73. The molecule has 2 rings (SSSR count). The lowest BCUT2D eigenvalue weighted by Crippen LogP contribution is -2.36. The molecular formula is C20H23NO3. The molecule has 4 heteroatoms. The fourth-order valence-electron chi connectivity index (χ4n) is 2.37. The van der Waals surface area contributed by atoms with Gasteiger partial charge in [0, 0.05) is 11.6 Å². The van der Waals surface area contributed by atoms with E-state index in [2.05, 4.69) is 17.4 Å². The summed E-state index contributed by atoms with van der Waals surface area (Å²) >= 11 is 0. The molecule has 0 aliphatic rings. The number of ether oxygens (including phenoxy) is 1. The highest BCUT2D eigenvalue weighted by molar-refractivity contribution is 5.94. The van der Waals surface area contributed by atoms with E-state index >= 15 is 0 Å². The second-order valence-electron chi connectivity index (χ2n) is 5.87. The average Bonchev–Trinajstić information content (AvgIpc) is 2.59. The molecule has 0 heterocycles. The molecule has 1 N–H and O–H groups in total. The van der Waals surface area contributed by atoms with Gasteiger partial charge in [0.25, 0.3) is 5.91 Å². The van der Waals surface area contributed by atoms with Gasteiger partial charge in [-0.05, 0) is 44.4 Å². The summed E-state index contributed by atoms with van der Waals surface area (Å²) < 4.78 is 5.46. The molecule has 4 nitrogen and oxygen atoms in total. The van der Waals surface area contributed by atoms with E-state index in [-0.39, 0.29) is 24.3 Å². The second kappa shape index (κ2) is 8.87. The Morgan fingerprint density at radius 1 is 1.08 bits per heavy atom. The monoisotopic (exact) mass is 325 g/mol. The summed E-state index contributed by atoms with van der Waals surface area (Å²) in [5.41, 5.74) is 1.83. The normalized spacial score (nSPS) is 11.6. The first-order valence-corrected chi connectivity index (χ1v) is 8.11. The van der Waals surface area contributed by atoms with Crippen molar-refractivity contribution >= 4 is 11.7 Å². The van der Waals surface area contributed by atoms with Crippen LogP contribution in [0.1, 0.15) is 36.2 Å². The molecule has 2 aromatic carbocycles. The highest BCUT2D eigenvalue weighted by Gasteiger charge is 2.09. The lowest BCUT2D eigenvalue weighted by Gasteiger charge is -2.14. The molecular weight excluding hydrogens is 302 g/mol. The second-order valence-corrected chi connectivity index (χ2v) is 5.87. The Labute approximate surface area is 142 Å². The minimum absolute atomic E-state index is 0.0283. The zero-order chi connectivity index (χ0) is 17.4. The molecule has 2 aromatic rings. The first kappa shape index (κ1) is 17.7. The van der Waals surface area contributed by atoms with Crippen LogP contribution in [0, 0.1) is 0 Å². The quantitative estimate of drug-likeness (QED) is 0.757. The largest absolute Gasteiger partial charge is 0.484 e. The predicted molar refractivity (Wildman–Crippen MR) is 94.3 cm³/mol. The minimum Gasteiger partial charge on any atom is -0.484 e. The van der Waals surface area contributed by atoms with E-state index in [4.69, 9.17) is 4.74 Å². The van der Waals surface area contributed by atoms with Gasteiger partial charge in [-0.2, -0.15) is 0 Å². The summed E-state index contributed by atoms with van der Waals surface area (Å²) in [5, 5.41) is 2.93. The van der Waals surface area contributed by atoms with Crippen LogP contribution in [0.2, 0.25) is 0 Å². The molecule has 0 saturated heterocycles. The Bertz CT molecular complexity index is 682. The first-order chi connectivity index (χ1) is 11.5. The van der Waals surface area contributed by atoms with Crippen molar-refractivity contribution in [3.05, 3.63) is 65.7 Å². The first-order valence-electron chi connectivity index (χ1n) is 8.11. The van der Waals surface area contributed by atoms with Crippen LogP contribution in [-0.2, 0) is 11.2 Å². The Morgan fingerprint density at radius 3 is 2.54 bits per heavy atom. The van der Waals surface area contributed by atoms with Crippen LogP contribution >= 0.6 is 0 Å². The molecule has 0 bridgehead atoms. The fourth-order valence-corrected chi connectivity index (χ4v) is 2.37. The van der Waals surface area contributed by atoms with Crippen molar-refractivity contribution in [1.29, 1.82) is 0 Å². The number of hydrogen-bond acceptors (Lipinski definition) is 3. The summed E-state index contributed by atoms with van der Waals surface area (Å²) in [5.74, 6) is 0.331. The van der Waals surface area contributed by atoms with Crippen molar-refractivity contribution in [3.63, 3.8) is 0 Å². The Morgan fingerprint density at radius 2 is 1.83 bits per heavy atom. The third kappa shape index (κ3) is 5.88. The summed E-state index contributed by atoms with van der Waals surface area (Å²) in [6, 6.07) is 17.1. The molecule has 0 aliphatic carbocycles. The lowest BCUT2D eigenvalue weighted by atomic mass is 10.1. The summed E-state index contributed by atoms with van der Waals surface area (Å²) in [7, 11) is 0. The van der Waals surface area contributed by atoms with Crippen LogP contribution in [0.3, 0.4) is 0 Å². The van der Waals surface area contributed by atoms with Gasteiger partial charge in [0.05, 0.1) is 0 Å². The Balaban J connectivity index is 1.74. The maximum atomic E-state index is 12.0. The number of hydrogen-bond donors (Lipinski definition) is 1. The predicted octanol–water partition coefficient (Wildman–Crippen LogP) is 3.41. The molecule has 24 heavy (non-hydrogen) atoms. The molecule has 1 amide bonds. The van der Waals surface area contributed by atoms with E-state index in [1.165, 1.54) is 12.5 Å². The standard InChI is InChI=1S/C20H23NO3/c1-15(11-12-17-7-4-3-5-8-17)21-20(23)14-24-19-10-6-9-18(13-19)16(2)22/h3-10,13,15H,11-12,14H2,1-2H3,(H,21,23). The zero-order valence-corrected chi connectivity index (χ0v) is 14.1. The number of carbonyl (C=O) groups excluding carboxylic acids is 2. The number of ketones is 1. The van der Waals surface area contributed by atoms with Crippen LogP contribution in [0.4, 0.5) is 0 Å². The van der Waals surface area contributed by atoms with E-state index in [9.17, 15) is 9.59 Å². The summed E-state index contributed by atoms with van der Waals surface area (Å²) in [4.78, 5) is 23.3. The number of Topliss-reactive ketones (excluding diaryl/α,β-unsaturated/α-hetero) is 1. The van der Waals surface area contributed by atoms with Gasteiger partial charge in [-0.3, -0.25) is 9.59 Å². The van der Waals surface area contributed by atoms with Crippen LogP contribution < -0.4 is 10.1 Å². The van der Waals surface area contributed by atoms with Crippen molar-refractivity contribution in [1.82, 2.24) is 5.32 Å².